The number of nitriles is 1. The van der Waals surface area contributed by atoms with Crippen molar-refractivity contribution in [2.75, 3.05) is 12.4 Å². The van der Waals surface area contributed by atoms with Gasteiger partial charge in [-0.05, 0) is 42.7 Å². The van der Waals surface area contributed by atoms with E-state index in [2.05, 4.69) is 53.4 Å². The fourth-order valence-corrected chi connectivity index (χ4v) is 3.73. The molecule has 0 radical (unpaired) electrons. The van der Waals surface area contributed by atoms with Gasteiger partial charge in [-0.3, -0.25) is 9.97 Å². The van der Waals surface area contributed by atoms with Crippen LogP contribution in [0.15, 0.2) is 67.0 Å². The van der Waals surface area contributed by atoms with Gasteiger partial charge in [0, 0.05) is 29.4 Å². The van der Waals surface area contributed by atoms with Gasteiger partial charge in [0.15, 0.2) is 0 Å². The van der Waals surface area contributed by atoms with Gasteiger partial charge in [0.05, 0.1) is 29.6 Å². The monoisotopic (exact) mass is 408 g/mol. The molecule has 5 nitrogen and oxygen atoms in total. The van der Waals surface area contributed by atoms with Gasteiger partial charge in [-0.1, -0.05) is 43.3 Å². The van der Waals surface area contributed by atoms with Crippen LogP contribution in [0.3, 0.4) is 0 Å². The van der Waals surface area contributed by atoms with Crippen molar-refractivity contribution in [3.8, 4) is 22.9 Å². The van der Waals surface area contributed by atoms with E-state index in [1.165, 1.54) is 0 Å². The molecule has 0 fully saturated rings. The Morgan fingerprint density at radius 2 is 1.84 bits per heavy atom. The fourth-order valence-electron chi connectivity index (χ4n) is 3.73. The number of pyridine rings is 2. The molecule has 0 spiro atoms. The molecule has 2 heterocycles. The summed E-state index contributed by atoms with van der Waals surface area (Å²) in [5.74, 6) is 0.778. The molecule has 0 aliphatic heterocycles. The molecule has 2 aromatic heterocycles. The predicted octanol–water partition coefficient (Wildman–Crippen LogP) is 5.91. The molecule has 0 aliphatic rings. The van der Waals surface area contributed by atoms with Crippen LogP contribution in [0.4, 0.5) is 5.69 Å². The number of hydrogen-bond donors (Lipinski definition) is 1. The SMILES string of the molecule is CCc1ncc(-c2ccc3ncc(C#N)c(NC(C)c4ccccc4)c3c2)cc1OC. The summed E-state index contributed by atoms with van der Waals surface area (Å²) in [5, 5.41) is 14.2. The third-order valence-corrected chi connectivity index (χ3v) is 5.47. The lowest BCUT2D eigenvalue weighted by molar-refractivity contribution is 0.407. The van der Waals surface area contributed by atoms with E-state index in [-0.39, 0.29) is 6.04 Å². The van der Waals surface area contributed by atoms with Gasteiger partial charge in [-0.25, -0.2) is 0 Å². The number of hydrogen-bond acceptors (Lipinski definition) is 5. The highest BCUT2D eigenvalue weighted by atomic mass is 16.5. The van der Waals surface area contributed by atoms with Crippen LogP contribution in [0, 0.1) is 11.3 Å². The molecule has 4 rings (SSSR count). The molecule has 31 heavy (non-hydrogen) atoms. The first-order valence-corrected chi connectivity index (χ1v) is 10.3. The van der Waals surface area contributed by atoms with E-state index < -0.39 is 0 Å². The van der Waals surface area contributed by atoms with Gasteiger partial charge in [0.1, 0.15) is 11.8 Å². The molecule has 5 heteroatoms. The minimum Gasteiger partial charge on any atom is -0.495 e. The molecular weight excluding hydrogens is 384 g/mol. The van der Waals surface area contributed by atoms with Crippen LogP contribution in [0.25, 0.3) is 22.0 Å². The van der Waals surface area contributed by atoms with E-state index in [9.17, 15) is 5.26 Å². The zero-order valence-corrected chi connectivity index (χ0v) is 17.9. The topological polar surface area (TPSA) is 70.8 Å². The highest BCUT2D eigenvalue weighted by Crippen LogP contribution is 2.33. The zero-order chi connectivity index (χ0) is 21.8. The largest absolute Gasteiger partial charge is 0.495 e. The third-order valence-electron chi connectivity index (χ3n) is 5.47. The summed E-state index contributed by atoms with van der Waals surface area (Å²) in [6.07, 6.45) is 4.30. The molecule has 2 aromatic carbocycles. The van der Waals surface area contributed by atoms with E-state index in [1.807, 2.05) is 42.6 Å². The lowest BCUT2D eigenvalue weighted by atomic mass is 10.0. The molecule has 1 atom stereocenters. The summed E-state index contributed by atoms with van der Waals surface area (Å²) in [6.45, 7) is 4.15. The smallest absolute Gasteiger partial charge is 0.140 e. The number of ether oxygens (including phenoxy) is 1. The van der Waals surface area contributed by atoms with Crippen molar-refractivity contribution in [3.05, 3.63) is 83.8 Å². The van der Waals surface area contributed by atoms with E-state index in [4.69, 9.17) is 4.74 Å². The maximum Gasteiger partial charge on any atom is 0.140 e. The minimum atomic E-state index is 0.0353. The summed E-state index contributed by atoms with van der Waals surface area (Å²) < 4.78 is 5.52. The molecule has 0 amide bonds. The fraction of sp³-hybridized carbons (Fsp3) is 0.192. The molecule has 0 aliphatic carbocycles. The van der Waals surface area contributed by atoms with Crippen LogP contribution >= 0.6 is 0 Å². The first kappa shape index (κ1) is 20.4. The number of anilines is 1. The number of aryl methyl sites for hydroxylation is 1. The van der Waals surface area contributed by atoms with Crippen LogP contribution < -0.4 is 10.1 Å². The quantitative estimate of drug-likeness (QED) is 0.429. The average molecular weight is 409 g/mol. The first-order chi connectivity index (χ1) is 15.1. The highest BCUT2D eigenvalue weighted by molar-refractivity contribution is 5.96. The van der Waals surface area contributed by atoms with Crippen molar-refractivity contribution in [1.29, 1.82) is 5.26 Å². The lowest BCUT2D eigenvalue weighted by Gasteiger charge is -2.19. The van der Waals surface area contributed by atoms with E-state index in [0.29, 0.717) is 5.56 Å². The van der Waals surface area contributed by atoms with Gasteiger partial charge >= 0.3 is 0 Å². The Hall–Kier alpha value is -3.91. The number of methoxy groups -OCH3 is 1. The molecule has 0 saturated heterocycles. The zero-order valence-electron chi connectivity index (χ0n) is 17.9. The Morgan fingerprint density at radius 3 is 2.55 bits per heavy atom. The summed E-state index contributed by atoms with van der Waals surface area (Å²) in [7, 11) is 1.66. The van der Waals surface area contributed by atoms with E-state index >= 15 is 0 Å². The van der Waals surface area contributed by atoms with Crippen molar-refractivity contribution >= 4 is 16.6 Å². The van der Waals surface area contributed by atoms with Crippen molar-refractivity contribution < 1.29 is 4.74 Å². The molecule has 154 valence electrons. The van der Waals surface area contributed by atoms with Crippen molar-refractivity contribution in [3.63, 3.8) is 0 Å². The standard InChI is InChI=1S/C26H24N4O/c1-4-23-25(31-3)13-20(15-28-23)19-10-11-24-22(12-19)26(21(14-27)16-29-24)30-17(2)18-8-6-5-7-9-18/h5-13,15-17H,4H2,1-3H3,(H,29,30). The maximum atomic E-state index is 9.72. The van der Waals surface area contributed by atoms with Gasteiger partial charge in [-0.2, -0.15) is 5.26 Å². The van der Waals surface area contributed by atoms with Gasteiger partial charge < -0.3 is 10.1 Å². The van der Waals surface area contributed by atoms with Gasteiger partial charge in [-0.15, -0.1) is 0 Å². The lowest BCUT2D eigenvalue weighted by Crippen LogP contribution is -2.08. The molecular formula is C26H24N4O. The average Bonchev–Trinajstić information content (AvgIpc) is 2.84. The van der Waals surface area contributed by atoms with Crippen LogP contribution in [0.1, 0.15) is 36.7 Å². The maximum absolute atomic E-state index is 9.72. The number of aromatic nitrogens is 2. The molecule has 0 bridgehead atoms. The minimum absolute atomic E-state index is 0.0353. The number of benzene rings is 2. The molecule has 1 N–H and O–H groups in total. The predicted molar refractivity (Wildman–Crippen MR) is 124 cm³/mol. The number of rotatable bonds is 6. The van der Waals surface area contributed by atoms with Crippen molar-refractivity contribution in [1.82, 2.24) is 9.97 Å². The van der Waals surface area contributed by atoms with Crippen LogP contribution in [0.2, 0.25) is 0 Å². The second kappa shape index (κ2) is 8.85. The van der Waals surface area contributed by atoms with Crippen molar-refractivity contribution in [2.45, 2.75) is 26.3 Å². The van der Waals surface area contributed by atoms with E-state index in [0.717, 1.165) is 51.1 Å². The summed E-state index contributed by atoms with van der Waals surface area (Å²) >= 11 is 0. The summed E-state index contributed by atoms with van der Waals surface area (Å²) in [4.78, 5) is 9.05. The highest BCUT2D eigenvalue weighted by Gasteiger charge is 2.14. The Kier molecular flexibility index (Phi) is 5.81. The first-order valence-electron chi connectivity index (χ1n) is 10.3. The number of nitrogens with one attached hydrogen (secondary N) is 1. The third kappa shape index (κ3) is 4.06. The van der Waals surface area contributed by atoms with Crippen LogP contribution in [-0.2, 0) is 6.42 Å². The summed E-state index contributed by atoms with van der Waals surface area (Å²) in [6, 6.07) is 20.6. The Morgan fingerprint density at radius 1 is 1.03 bits per heavy atom. The van der Waals surface area contributed by atoms with Crippen LogP contribution in [-0.4, -0.2) is 17.1 Å². The van der Waals surface area contributed by atoms with E-state index in [1.54, 1.807) is 13.3 Å². The molecule has 4 aromatic rings. The van der Waals surface area contributed by atoms with Gasteiger partial charge in [0.2, 0.25) is 0 Å². The van der Waals surface area contributed by atoms with Gasteiger partial charge in [0.25, 0.3) is 0 Å². The second-order valence-electron chi connectivity index (χ2n) is 7.39. The number of nitrogens with zero attached hydrogens (tertiary/aromatic N) is 3. The molecule has 0 saturated carbocycles. The Balaban J connectivity index is 1.82. The Bertz CT molecular complexity index is 1260. The Labute approximate surface area is 182 Å². The molecule has 1 unspecified atom stereocenters. The normalized spacial score (nSPS) is 11.7. The second-order valence-corrected chi connectivity index (χ2v) is 7.39. The van der Waals surface area contributed by atoms with Crippen LogP contribution in [0.5, 0.6) is 5.75 Å². The number of fused-ring (bicyclic) bond motifs is 1. The van der Waals surface area contributed by atoms with Crippen molar-refractivity contribution in [2.24, 2.45) is 0 Å². The summed E-state index contributed by atoms with van der Waals surface area (Å²) in [5.41, 5.74) is 6.17.